The van der Waals surface area contributed by atoms with Gasteiger partial charge in [0, 0.05) is 31.9 Å². The fourth-order valence-electron chi connectivity index (χ4n) is 3.60. The van der Waals surface area contributed by atoms with Gasteiger partial charge in [-0.1, -0.05) is 30.3 Å². The van der Waals surface area contributed by atoms with E-state index in [2.05, 4.69) is 20.4 Å². The third-order valence-corrected chi connectivity index (χ3v) is 5.60. The Bertz CT molecular complexity index is 1070. The quantitative estimate of drug-likeness (QED) is 0.687. The lowest BCUT2D eigenvalue weighted by atomic mass is 10.1. The average Bonchev–Trinajstić information content (AvgIpc) is 3.28. The third-order valence-electron chi connectivity index (χ3n) is 5.60. The number of carbonyl (C=O) groups is 2. The van der Waals surface area contributed by atoms with E-state index in [1.165, 1.54) is 11.0 Å². The highest BCUT2D eigenvalue weighted by Gasteiger charge is 2.25. The lowest BCUT2D eigenvalue weighted by Gasteiger charge is -2.33. The number of aryl methyl sites for hydroxylation is 1. The van der Waals surface area contributed by atoms with Crippen LogP contribution in [-0.4, -0.2) is 69.3 Å². The summed E-state index contributed by atoms with van der Waals surface area (Å²) in [5.41, 5.74) is 4.20. The van der Waals surface area contributed by atoms with E-state index in [0.29, 0.717) is 38.4 Å². The topological polar surface area (TPSA) is 83.4 Å². The summed E-state index contributed by atoms with van der Waals surface area (Å²) < 4.78 is 0. The summed E-state index contributed by atoms with van der Waals surface area (Å²) >= 11 is 0. The van der Waals surface area contributed by atoms with Crippen LogP contribution in [-0.2, 0) is 4.79 Å². The maximum Gasteiger partial charge on any atom is 0.276 e. The van der Waals surface area contributed by atoms with E-state index in [1.807, 2.05) is 62.4 Å². The fourth-order valence-corrected chi connectivity index (χ4v) is 3.60. The molecule has 0 radical (unpaired) electrons. The molecular formula is C23H26N6O2. The predicted octanol–water partition coefficient (Wildman–Crippen LogP) is 2.28. The van der Waals surface area contributed by atoms with Crippen LogP contribution in [0.4, 0.5) is 5.69 Å². The molecule has 2 aromatic carbocycles. The van der Waals surface area contributed by atoms with Gasteiger partial charge in [-0.2, -0.15) is 9.90 Å². The second kappa shape index (κ2) is 9.09. The largest absolute Gasteiger partial charge is 0.335 e. The number of hydrogen-bond acceptors (Lipinski definition) is 5. The maximum absolute atomic E-state index is 12.8. The highest BCUT2D eigenvalue weighted by molar-refractivity contribution is 5.93. The molecule has 2 heterocycles. The first-order chi connectivity index (χ1) is 15.0. The van der Waals surface area contributed by atoms with Crippen molar-refractivity contribution in [2.75, 3.05) is 38.0 Å². The number of para-hydroxylation sites is 1. The number of nitrogens with one attached hydrogen (secondary N) is 1. The van der Waals surface area contributed by atoms with Gasteiger partial charge in [0.1, 0.15) is 0 Å². The zero-order chi connectivity index (χ0) is 21.8. The molecule has 1 N–H and O–H groups in total. The van der Waals surface area contributed by atoms with E-state index in [1.54, 1.807) is 4.90 Å². The van der Waals surface area contributed by atoms with E-state index in [9.17, 15) is 9.59 Å². The zero-order valence-corrected chi connectivity index (χ0v) is 17.8. The van der Waals surface area contributed by atoms with Crippen molar-refractivity contribution in [1.82, 2.24) is 24.8 Å². The van der Waals surface area contributed by atoms with Crippen molar-refractivity contribution in [3.8, 4) is 5.69 Å². The van der Waals surface area contributed by atoms with Crippen molar-refractivity contribution in [3.63, 3.8) is 0 Å². The molecule has 0 unspecified atom stereocenters. The Morgan fingerprint density at radius 1 is 0.968 bits per heavy atom. The first-order valence-electron chi connectivity index (χ1n) is 10.4. The summed E-state index contributed by atoms with van der Waals surface area (Å²) in [7, 11) is 0. The molecule has 0 spiro atoms. The van der Waals surface area contributed by atoms with Gasteiger partial charge in [0.2, 0.25) is 5.91 Å². The van der Waals surface area contributed by atoms with Crippen LogP contribution in [0.15, 0.2) is 54.7 Å². The lowest BCUT2D eigenvalue weighted by molar-refractivity contribution is -0.117. The predicted molar refractivity (Wildman–Crippen MR) is 118 cm³/mol. The SMILES string of the molecule is Cc1cccc(NC(=O)CN2CCN(C(=O)c3cnn(-c4ccccc4)n3)CC2)c1C. The molecule has 8 nitrogen and oxygen atoms in total. The van der Waals surface area contributed by atoms with Crippen LogP contribution >= 0.6 is 0 Å². The highest BCUT2D eigenvalue weighted by atomic mass is 16.2. The minimum absolute atomic E-state index is 0.0423. The van der Waals surface area contributed by atoms with Gasteiger partial charge in [0.25, 0.3) is 5.91 Å². The average molecular weight is 419 g/mol. The summed E-state index contributed by atoms with van der Waals surface area (Å²) in [4.78, 5) is 30.5. The van der Waals surface area contributed by atoms with Crippen LogP contribution < -0.4 is 5.32 Å². The van der Waals surface area contributed by atoms with E-state index in [-0.39, 0.29) is 11.8 Å². The summed E-state index contributed by atoms with van der Waals surface area (Å²) in [6.07, 6.45) is 1.50. The molecule has 3 aromatic rings. The van der Waals surface area contributed by atoms with E-state index in [4.69, 9.17) is 0 Å². The highest BCUT2D eigenvalue weighted by Crippen LogP contribution is 2.18. The Kier molecular flexibility index (Phi) is 6.08. The molecule has 1 fully saturated rings. The maximum atomic E-state index is 12.8. The molecule has 0 saturated carbocycles. The van der Waals surface area contributed by atoms with Gasteiger partial charge < -0.3 is 10.2 Å². The first-order valence-corrected chi connectivity index (χ1v) is 10.4. The number of aromatic nitrogens is 3. The Labute approximate surface area is 181 Å². The van der Waals surface area contributed by atoms with Crippen LogP contribution in [0.25, 0.3) is 5.69 Å². The first kappa shape index (κ1) is 20.7. The molecule has 2 amide bonds. The van der Waals surface area contributed by atoms with Gasteiger partial charge in [-0.05, 0) is 43.2 Å². The standard InChI is InChI=1S/C23H26N6O2/c1-17-7-6-10-20(18(17)2)25-22(30)16-27-11-13-28(14-12-27)23(31)21-15-24-29(26-21)19-8-4-3-5-9-19/h3-10,15H,11-14,16H2,1-2H3,(H,25,30). The number of amides is 2. The number of rotatable bonds is 5. The molecule has 31 heavy (non-hydrogen) atoms. The third kappa shape index (κ3) is 4.80. The van der Waals surface area contributed by atoms with Crippen molar-refractivity contribution in [2.24, 2.45) is 0 Å². The van der Waals surface area contributed by atoms with E-state index in [0.717, 1.165) is 22.5 Å². The lowest BCUT2D eigenvalue weighted by Crippen LogP contribution is -2.50. The molecule has 160 valence electrons. The molecule has 0 bridgehead atoms. The summed E-state index contributed by atoms with van der Waals surface area (Å²) in [5.74, 6) is -0.180. The van der Waals surface area contributed by atoms with Gasteiger partial charge in [-0.15, -0.1) is 5.10 Å². The van der Waals surface area contributed by atoms with Crippen LogP contribution in [0.1, 0.15) is 21.6 Å². The molecular weight excluding hydrogens is 392 g/mol. The number of anilines is 1. The monoisotopic (exact) mass is 418 g/mol. The van der Waals surface area contributed by atoms with E-state index >= 15 is 0 Å². The summed E-state index contributed by atoms with van der Waals surface area (Å²) in [6.45, 7) is 6.71. The van der Waals surface area contributed by atoms with Crippen LogP contribution in [0.5, 0.6) is 0 Å². The Morgan fingerprint density at radius 2 is 1.71 bits per heavy atom. The van der Waals surface area contributed by atoms with Gasteiger partial charge in [-0.3, -0.25) is 14.5 Å². The number of hydrogen-bond donors (Lipinski definition) is 1. The van der Waals surface area contributed by atoms with Crippen molar-refractivity contribution >= 4 is 17.5 Å². The van der Waals surface area contributed by atoms with Crippen LogP contribution in [0, 0.1) is 13.8 Å². The summed E-state index contributed by atoms with van der Waals surface area (Å²) in [6, 6.07) is 15.4. The smallest absolute Gasteiger partial charge is 0.276 e. The number of benzene rings is 2. The Hall–Kier alpha value is -3.52. The normalized spacial score (nSPS) is 14.5. The second-order valence-electron chi connectivity index (χ2n) is 7.72. The Morgan fingerprint density at radius 3 is 2.45 bits per heavy atom. The minimum Gasteiger partial charge on any atom is -0.335 e. The number of nitrogens with zero attached hydrogens (tertiary/aromatic N) is 5. The fraction of sp³-hybridized carbons (Fsp3) is 0.304. The molecule has 4 rings (SSSR count). The Balaban J connectivity index is 1.29. The van der Waals surface area contributed by atoms with Crippen molar-refractivity contribution < 1.29 is 9.59 Å². The molecule has 0 aliphatic carbocycles. The van der Waals surface area contributed by atoms with Crippen molar-refractivity contribution in [2.45, 2.75) is 13.8 Å². The van der Waals surface area contributed by atoms with E-state index < -0.39 is 0 Å². The van der Waals surface area contributed by atoms with Gasteiger partial charge >= 0.3 is 0 Å². The van der Waals surface area contributed by atoms with Gasteiger partial charge in [0.05, 0.1) is 18.4 Å². The minimum atomic E-state index is -0.137. The summed E-state index contributed by atoms with van der Waals surface area (Å²) in [5, 5.41) is 11.5. The van der Waals surface area contributed by atoms with Gasteiger partial charge in [-0.25, -0.2) is 0 Å². The molecule has 1 aliphatic rings. The molecule has 0 atom stereocenters. The molecule has 1 saturated heterocycles. The molecule has 8 heteroatoms. The molecule has 1 aliphatic heterocycles. The zero-order valence-electron chi connectivity index (χ0n) is 17.8. The van der Waals surface area contributed by atoms with Crippen LogP contribution in [0.2, 0.25) is 0 Å². The van der Waals surface area contributed by atoms with Crippen molar-refractivity contribution in [1.29, 1.82) is 0 Å². The van der Waals surface area contributed by atoms with Crippen LogP contribution in [0.3, 0.4) is 0 Å². The number of piperazine rings is 1. The van der Waals surface area contributed by atoms with Gasteiger partial charge in [0.15, 0.2) is 5.69 Å². The number of carbonyl (C=O) groups excluding carboxylic acids is 2. The van der Waals surface area contributed by atoms with Crippen molar-refractivity contribution in [3.05, 3.63) is 71.5 Å². The molecule has 1 aromatic heterocycles. The second-order valence-corrected chi connectivity index (χ2v) is 7.72.